The molecular formula is C11H14BFN2O2. The number of rotatable bonds is 4. The number of amidine groups is 1. The highest BCUT2D eigenvalue weighted by atomic mass is 19.1. The SMILES string of the molecule is Bc1ccc(NC(=N)CC(=O)OCC)c(F)c1. The number of carbonyl (C=O) groups excluding carboxylic acids is 1. The van der Waals surface area contributed by atoms with Crippen LogP contribution >= 0.6 is 0 Å². The lowest BCUT2D eigenvalue weighted by atomic mass is 9.96. The molecule has 0 aliphatic heterocycles. The number of hydrogen-bond donors (Lipinski definition) is 2. The molecule has 0 fully saturated rings. The fourth-order valence-electron chi connectivity index (χ4n) is 1.28. The van der Waals surface area contributed by atoms with Gasteiger partial charge in [-0.1, -0.05) is 11.5 Å². The summed E-state index contributed by atoms with van der Waals surface area (Å²) >= 11 is 0. The van der Waals surface area contributed by atoms with Crippen LogP contribution < -0.4 is 10.8 Å². The minimum absolute atomic E-state index is 0.0915. The molecule has 6 heteroatoms. The molecule has 0 amide bonds. The molecule has 0 heterocycles. The smallest absolute Gasteiger partial charge is 0.313 e. The first kappa shape index (κ1) is 13.2. The molecule has 0 spiro atoms. The summed E-state index contributed by atoms with van der Waals surface area (Å²) in [6, 6.07) is 4.62. The predicted octanol–water partition coefficient (Wildman–Crippen LogP) is 0.426. The van der Waals surface area contributed by atoms with E-state index >= 15 is 0 Å². The average molecular weight is 236 g/mol. The highest BCUT2D eigenvalue weighted by Crippen LogP contribution is 2.11. The Morgan fingerprint density at radius 1 is 1.59 bits per heavy atom. The van der Waals surface area contributed by atoms with Gasteiger partial charge >= 0.3 is 5.97 Å². The fraction of sp³-hybridized carbons (Fsp3) is 0.273. The van der Waals surface area contributed by atoms with Crippen LogP contribution in [0.4, 0.5) is 10.1 Å². The van der Waals surface area contributed by atoms with Crippen molar-refractivity contribution in [2.75, 3.05) is 11.9 Å². The molecule has 0 bridgehead atoms. The first-order valence-corrected chi connectivity index (χ1v) is 5.29. The zero-order chi connectivity index (χ0) is 12.8. The summed E-state index contributed by atoms with van der Waals surface area (Å²) in [4.78, 5) is 11.1. The molecular weight excluding hydrogens is 222 g/mol. The van der Waals surface area contributed by atoms with Gasteiger partial charge in [-0.2, -0.15) is 0 Å². The summed E-state index contributed by atoms with van der Waals surface area (Å²) in [5, 5.41) is 10.0. The van der Waals surface area contributed by atoms with E-state index in [0.717, 1.165) is 5.46 Å². The summed E-state index contributed by atoms with van der Waals surface area (Å²) in [6.45, 7) is 1.96. The third kappa shape index (κ3) is 4.26. The van der Waals surface area contributed by atoms with Crippen molar-refractivity contribution in [2.24, 2.45) is 0 Å². The van der Waals surface area contributed by atoms with Gasteiger partial charge in [0.25, 0.3) is 0 Å². The summed E-state index contributed by atoms with van der Waals surface area (Å²) in [6.07, 6.45) is -0.193. The van der Waals surface area contributed by atoms with Crippen molar-refractivity contribution in [2.45, 2.75) is 13.3 Å². The second kappa shape index (κ2) is 6.03. The number of halogens is 1. The molecule has 90 valence electrons. The third-order valence-corrected chi connectivity index (χ3v) is 2.04. The van der Waals surface area contributed by atoms with E-state index in [9.17, 15) is 9.18 Å². The molecule has 1 aromatic rings. The summed E-state index contributed by atoms with van der Waals surface area (Å²) in [7, 11) is 1.77. The molecule has 0 atom stereocenters. The van der Waals surface area contributed by atoms with E-state index in [1.54, 1.807) is 20.8 Å². The number of benzene rings is 1. The van der Waals surface area contributed by atoms with Crippen LogP contribution in [0.3, 0.4) is 0 Å². The maximum Gasteiger partial charge on any atom is 0.313 e. The standard InChI is InChI=1S/C11H14BFN2O2/c1-2-17-11(16)6-10(14)15-9-4-3-7(12)5-8(9)13/h3-5H,2,6,12H2,1H3,(H2,14,15). The van der Waals surface area contributed by atoms with Crippen LogP contribution in [0.1, 0.15) is 13.3 Å². The predicted molar refractivity (Wildman–Crippen MR) is 67.2 cm³/mol. The summed E-state index contributed by atoms with van der Waals surface area (Å²) in [5.74, 6) is -1.04. The van der Waals surface area contributed by atoms with Crippen LogP contribution in [0.2, 0.25) is 0 Å². The van der Waals surface area contributed by atoms with E-state index in [-0.39, 0.29) is 24.6 Å². The molecule has 0 saturated heterocycles. The van der Waals surface area contributed by atoms with Crippen molar-refractivity contribution in [1.29, 1.82) is 5.41 Å². The second-order valence-electron chi connectivity index (χ2n) is 3.57. The average Bonchev–Trinajstić information content (AvgIpc) is 2.22. The van der Waals surface area contributed by atoms with Gasteiger partial charge in [0.2, 0.25) is 0 Å². The van der Waals surface area contributed by atoms with Gasteiger partial charge in [0.05, 0.1) is 12.3 Å². The lowest BCUT2D eigenvalue weighted by Crippen LogP contribution is -2.18. The Balaban J connectivity index is 2.59. The van der Waals surface area contributed by atoms with E-state index in [1.807, 2.05) is 0 Å². The maximum atomic E-state index is 13.4. The minimum atomic E-state index is -0.502. The molecule has 1 aromatic carbocycles. The van der Waals surface area contributed by atoms with Crippen molar-refractivity contribution in [3.05, 3.63) is 24.0 Å². The molecule has 0 radical (unpaired) electrons. The van der Waals surface area contributed by atoms with Crippen LogP contribution in [0, 0.1) is 11.2 Å². The number of carbonyl (C=O) groups is 1. The molecule has 4 nitrogen and oxygen atoms in total. The molecule has 2 N–H and O–H groups in total. The van der Waals surface area contributed by atoms with Crippen LogP contribution in [0.15, 0.2) is 18.2 Å². The van der Waals surface area contributed by atoms with Gasteiger partial charge in [-0.25, -0.2) is 4.39 Å². The Labute approximate surface area is 100 Å². The van der Waals surface area contributed by atoms with E-state index in [1.165, 1.54) is 12.1 Å². The zero-order valence-corrected chi connectivity index (χ0v) is 9.84. The van der Waals surface area contributed by atoms with Gasteiger partial charge in [-0.05, 0) is 19.1 Å². The molecule has 0 aliphatic carbocycles. The van der Waals surface area contributed by atoms with Gasteiger partial charge in [-0.15, -0.1) is 0 Å². The number of esters is 1. The fourth-order valence-corrected chi connectivity index (χ4v) is 1.28. The quantitative estimate of drug-likeness (QED) is 0.345. The Morgan fingerprint density at radius 3 is 2.88 bits per heavy atom. The van der Waals surface area contributed by atoms with Crippen molar-refractivity contribution >= 4 is 30.8 Å². The van der Waals surface area contributed by atoms with Gasteiger partial charge < -0.3 is 10.1 Å². The molecule has 0 aromatic heterocycles. The summed E-state index contributed by atoms with van der Waals surface area (Å²) < 4.78 is 18.1. The number of anilines is 1. The van der Waals surface area contributed by atoms with E-state index in [4.69, 9.17) is 5.41 Å². The third-order valence-electron chi connectivity index (χ3n) is 2.04. The molecule has 1 rings (SSSR count). The lowest BCUT2D eigenvalue weighted by molar-refractivity contribution is -0.141. The highest BCUT2D eigenvalue weighted by Gasteiger charge is 2.09. The van der Waals surface area contributed by atoms with Crippen molar-refractivity contribution in [3.63, 3.8) is 0 Å². The molecule has 17 heavy (non-hydrogen) atoms. The Bertz CT molecular complexity index is 437. The van der Waals surface area contributed by atoms with Crippen molar-refractivity contribution in [3.8, 4) is 0 Å². The Kier molecular flexibility index (Phi) is 4.69. The normalized spacial score (nSPS) is 9.76. The molecule has 0 saturated carbocycles. The zero-order valence-electron chi connectivity index (χ0n) is 9.84. The van der Waals surface area contributed by atoms with Crippen LogP contribution in [-0.2, 0) is 9.53 Å². The van der Waals surface area contributed by atoms with E-state index in [2.05, 4.69) is 10.1 Å². The Morgan fingerprint density at radius 2 is 2.29 bits per heavy atom. The largest absolute Gasteiger partial charge is 0.466 e. The van der Waals surface area contributed by atoms with E-state index < -0.39 is 11.8 Å². The van der Waals surface area contributed by atoms with Gasteiger partial charge in [-0.3, -0.25) is 10.2 Å². The van der Waals surface area contributed by atoms with Crippen molar-refractivity contribution in [1.82, 2.24) is 0 Å². The summed E-state index contributed by atoms with van der Waals surface area (Å²) in [5.41, 5.74) is 0.981. The topological polar surface area (TPSA) is 62.2 Å². The van der Waals surface area contributed by atoms with Gasteiger partial charge in [0, 0.05) is 0 Å². The van der Waals surface area contributed by atoms with Crippen LogP contribution in [0.5, 0.6) is 0 Å². The first-order valence-electron chi connectivity index (χ1n) is 5.29. The minimum Gasteiger partial charge on any atom is -0.466 e. The number of ether oxygens (including phenoxy) is 1. The molecule has 0 aliphatic rings. The number of nitrogens with one attached hydrogen (secondary N) is 2. The number of hydrogen-bond acceptors (Lipinski definition) is 3. The van der Waals surface area contributed by atoms with Crippen LogP contribution in [0.25, 0.3) is 0 Å². The molecule has 0 unspecified atom stereocenters. The Hall–Kier alpha value is -1.85. The van der Waals surface area contributed by atoms with Gasteiger partial charge in [0.1, 0.15) is 25.9 Å². The maximum absolute atomic E-state index is 13.4. The highest BCUT2D eigenvalue weighted by molar-refractivity contribution is 6.32. The van der Waals surface area contributed by atoms with Crippen LogP contribution in [-0.4, -0.2) is 26.3 Å². The van der Waals surface area contributed by atoms with E-state index in [0.29, 0.717) is 0 Å². The second-order valence-corrected chi connectivity index (χ2v) is 3.57. The lowest BCUT2D eigenvalue weighted by Gasteiger charge is -2.09. The monoisotopic (exact) mass is 236 g/mol. The van der Waals surface area contributed by atoms with Gasteiger partial charge in [0.15, 0.2) is 0 Å². The van der Waals surface area contributed by atoms with Crippen molar-refractivity contribution < 1.29 is 13.9 Å². The first-order chi connectivity index (χ1) is 8.02.